The van der Waals surface area contributed by atoms with Gasteiger partial charge in [0.25, 0.3) is 0 Å². The minimum Gasteiger partial charge on any atom is -0.299 e. The second-order valence-electron chi connectivity index (χ2n) is 4.51. The van der Waals surface area contributed by atoms with Crippen molar-refractivity contribution in [3.05, 3.63) is 0 Å². The Morgan fingerprint density at radius 3 is 1.50 bits per heavy atom. The molecule has 0 aromatic rings. The van der Waals surface area contributed by atoms with E-state index in [4.69, 9.17) is 0 Å². The zero-order valence-electron chi connectivity index (χ0n) is 7.06. The van der Waals surface area contributed by atoms with Gasteiger partial charge in [0, 0.05) is 23.7 Å². The van der Waals surface area contributed by atoms with Crippen LogP contribution < -0.4 is 0 Å². The van der Waals surface area contributed by atoms with Crippen molar-refractivity contribution in [1.29, 1.82) is 0 Å². The van der Waals surface area contributed by atoms with E-state index >= 15 is 0 Å². The van der Waals surface area contributed by atoms with Gasteiger partial charge in [-0.1, -0.05) is 0 Å². The van der Waals surface area contributed by atoms with E-state index in [1.54, 1.807) is 0 Å². The summed E-state index contributed by atoms with van der Waals surface area (Å²) in [6, 6.07) is 0. The summed E-state index contributed by atoms with van der Waals surface area (Å²) in [5, 5.41) is 0. The predicted molar refractivity (Wildman–Crippen MR) is 42.6 cm³/mol. The number of Topliss-reactive ketones (excluding diaryl/α,β-unsaturated/α-hetero) is 2. The summed E-state index contributed by atoms with van der Waals surface area (Å²) in [6.07, 6.45) is 5.07. The Kier molecular flexibility index (Phi) is 0.940. The third kappa shape index (κ3) is 0.420. The first-order chi connectivity index (χ1) is 5.71. The molecule has 3 saturated carbocycles. The molecule has 0 heterocycles. The van der Waals surface area contributed by atoms with Crippen LogP contribution in [0.15, 0.2) is 0 Å². The van der Waals surface area contributed by atoms with Gasteiger partial charge in [-0.25, -0.2) is 0 Å². The van der Waals surface area contributed by atoms with E-state index in [2.05, 4.69) is 0 Å². The van der Waals surface area contributed by atoms with E-state index in [1.165, 1.54) is 0 Å². The lowest BCUT2D eigenvalue weighted by Gasteiger charge is -2.48. The van der Waals surface area contributed by atoms with E-state index < -0.39 is 0 Å². The molecular weight excluding hydrogens is 152 g/mol. The maximum Gasteiger partial charge on any atom is 0.140 e. The number of carbonyl (C=O) groups is 2. The van der Waals surface area contributed by atoms with Gasteiger partial charge in [0.05, 0.1) is 0 Å². The fraction of sp³-hybridized carbons (Fsp3) is 0.800. The van der Waals surface area contributed by atoms with Crippen molar-refractivity contribution in [3.63, 3.8) is 0 Å². The largest absolute Gasteiger partial charge is 0.299 e. The van der Waals surface area contributed by atoms with E-state index in [0.717, 1.165) is 25.7 Å². The van der Waals surface area contributed by atoms with Gasteiger partial charge in [-0.15, -0.1) is 0 Å². The predicted octanol–water partition coefficient (Wildman–Crippen LogP) is 1.48. The molecule has 64 valence electrons. The highest BCUT2D eigenvalue weighted by Crippen LogP contribution is 2.71. The van der Waals surface area contributed by atoms with Crippen LogP contribution in [0.5, 0.6) is 0 Å². The Balaban J connectivity index is 2.17. The van der Waals surface area contributed by atoms with Gasteiger partial charge in [0.1, 0.15) is 11.6 Å². The highest BCUT2D eigenvalue weighted by molar-refractivity contribution is 6.03. The van der Waals surface area contributed by atoms with Gasteiger partial charge in [-0.05, 0) is 25.7 Å². The van der Waals surface area contributed by atoms with Gasteiger partial charge in [-0.3, -0.25) is 9.59 Å². The average Bonchev–Trinajstić information content (AvgIpc) is 2.29. The molecule has 0 aromatic carbocycles. The summed E-state index contributed by atoms with van der Waals surface area (Å²) in [6.45, 7) is 0. The maximum absolute atomic E-state index is 11.6. The van der Waals surface area contributed by atoms with Crippen LogP contribution in [0.25, 0.3) is 0 Å². The van der Waals surface area contributed by atoms with E-state index in [9.17, 15) is 9.59 Å². The van der Waals surface area contributed by atoms with Crippen LogP contribution in [0.4, 0.5) is 0 Å². The first-order valence-electron chi connectivity index (χ1n) is 4.78. The molecule has 0 aliphatic heterocycles. The molecule has 3 aliphatic rings. The maximum atomic E-state index is 11.6. The summed E-state index contributed by atoms with van der Waals surface area (Å²) in [4.78, 5) is 23.3. The lowest BCUT2D eigenvalue weighted by Crippen LogP contribution is -2.49. The Bertz CT molecular complexity index is 264. The van der Waals surface area contributed by atoms with Crippen molar-refractivity contribution < 1.29 is 9.59 Å². The number of hydrogen-bond acceptors (Lipinski definition) is 2. The number of carbonyl (C=O) groups excluding carboxylic acids is 2. The first kappa shape index (κ1) is 6.81. The third-order valence-corrected chi connectivity index (χ3v) is 4.52. The summed E-state index contributed by atoms with van der Waals surface area (Å²) in [5.74, 6) is 0.777. The average molecular weight is 164 g/mol. The van der Waals surface area contributed by atoms with Crippen molar-refractivity contribution in [2.45, 2.75) is 38.5 Å². The molecule has 3 aliphatic carbocycles. The van der Waals surface area contributed by atoms with Crippen molar-refractivity contribution in [3.8, 4) is 0 Å². The smallest absolute Gasteiger partial charge is 0.140 e. The molecule has 3 fully saturated rings. The standard InChI is InChI=1S/C10H12O2/c11-7-1-3-9-5-6-10(7,9)4-2-8(9)12/h1-6H2/t9-,10-/m1/s1. The number of hydrogen-bond donors (Lipinski definition) is 0. The van der Waals surface area contributed by atoms with Crippen LogP contribution in [0.1, 0.15) is 38.5 Å². The molecule has 0 radical (unpaired) electrons. The molecular formula is C10H12O2. The van der Waals surface area contributed by atoms with Crippen molar-refractivity contribution in [2.75, 3.05) is 0 Å². The molecule has 0 saturated heterocycles. The molecule has 0 unspecified atom stereocenters. The minimum atomic E-state index is -0.135. The topological polar surface area (TPSA) is 34.1 Å². The Labute approximate surface area is 71.3 Å². The third-order valence-electron chi connectivity index (χ3n) is 4.52. The van der Waals surface area contributed by atoms with Gasteiger partial charge < -0.3 is 0 Å². The lowest BCUT2D eigenvalue weighted by molar-refractivity contribution is -0.147. The van der Waals surface area contributed by atoms with Gasteiger partial charge in [0.15, 0.2) is 0 Å². The second-order valence-corrected chi connectivity index (χ2v) is 4.51. The summed E-state index contributed by atoms with van der Waals surface area (Å²) in [5.41, 5.74) is -0.270. The van der Waals surface area contributed by atoms with Crippen LogP contribution in [-0.4, -0.2) is 11.6 Å². The molecule has 0 spiro atoms. The van der Waals surface area contributed by atoms with E-state index in [0.29, 0.717) is 24.4 Å². The Morgan fingerprint density at radius 1 is 0.750 bits per heavy atom. The number of ketones is 2. The van der Waals surface area contributed by atoms with Gasteiger partial charge in [0.2, 0.25) is 0 Å². The summed E-state index contributed by atoms with van der Waals surface area (Å²) in [7, 11) is 0. The van der Waals surface area contributed by atoms with Crippen LogP contribution in [-0.2, 0) is 9.59 Å². The Hall–Kier alpha value is -0.660. The fourth-order valence-electron chi connectivity index (χ4n) is 3.68. The van der Waals surface area contributed by atoms with Crippen molar-refractivity contribution >= 4 is 11.6 Å². The molecule has 2 atom stereocenters. The molecule has 0 amide bonds. The van der Waals surface area contributed by atoms with E-state index in [-0.39, 0.29) is 10.8 Å². The van der Waals surface area contributed by atoms with E-state index in [1.807, 2.05) is 0 Å². The van der Waals surface area contributed by atoms with Gasteiger partial charge in [-0.2, -0.15) is 0 Å². The first-order valence-corrected chi connectivity index (χ1v) is 4.78. The minimum absolute atomic E-state index is 0.135. The molecule has 0 N–H and O–H groups in total. The molecule has 12 heavy (non-hydrogen) atoms. The second kappa shape index (κ2) is 1.66. The highest BCUT2D eigenvalue weighted by atomic mass is 16.1. The van der Waals surface area contributed by atoms with Crippen LogP contribution in [0.3, 0.4) is 0 Å². The molecule has 0 bridgehead atoms. The van der Waals surface area contributed by atoms with Crippen LogP contribution in [0.2, 0.25) is 0 Å². The van der Waals surface area contributed by atoms with Crippen molar-refractivity contribution in [2.24, 2.45) is 10.8 Å². The quantitative estimate of drug-likeness (QED) is 0.543. The van der Waals surface area contributed by atoms with Gasteiger partial charge >= 0.3 is 0 Å². The fourth-order valence-corrected chi connectivity index (χ4v) is 3.68. The summed E-state index contributed by atoms with van der Waals surface area (Å²) >= 11 is 0. The molecule has 2 nitrogen and oxygen atoms in total. The lowest BCUT2D eigenvalue weighted by atomic mass is 9.52. The normalized spacial score (nSPS) is 50.3. The molecule has 0 aromatic heterocycles. The van der Waals surface area contributed by atoms with Crippen LogP contribution >= 0.6 is 0 Å². The molecule has 3 rings (SSSR count). The summed E-state index contributed by atoms with van der Waals surface area (Å²) < 4.78 is 0. The zero-order chi connectivity index (χ0) is 8.40. The number of rotatable bonds is 0. The SMILES string of the molecule is O=C1CC[C@]23CC[C@]12CCC3=O. The van der Waals surface area contributed by atoms with Crippen molar-refractivity contribution in [1.82, 2.24) is 0 Å². The highest BCUT2D eigenvalue weighted by Gasteiger charge is 2.72. The molecule has 2 heteroatoms. The monoisotopic (exact) mass is 164 g/mol. The Morgan fingerprint density at radius 2 is 1.17 bits per heavy atom. The zero-order valence-corrected chi connectivity index (χ0v) is 7.06. The van der Waals surface area contributed by atoms with Crippen LogP contribution in [0, 0.1) is 10.8 Å².